The Labute approximate surface area is 163 Å². The maximum Gasteiger partial charge on any atom is 0.319 e. The fourth-order valence-corrected chi connectivity index (χ4v) is 3.15. The van der Waals surface area contributed by atoms with Crippen molar-refractivity contribution in [3.63, 3.8) is 0 Å². The molecule has 0 bridgehead atoms. The summed E-state index contributed by atoms with van der Waals surface area (Å²) in [5.74, 6) is 0.785. The number of para-hydroxylation sites is 2. The van der Waals surface area contributed by atoms with Crippen LogP contribution < -0.4 is 10.6 Å². The minimum absolute atomic E-state index is 0.199. The lowest BCUT2D eigenvalue weighted by atomic mass is 10.1. The molecule has 4 aromatic rings. The van der Waals surface area contributed by atoms with E-state index < -0.39 is 0 Å². The van der Waals surface area contributed by atoms with Gasteiger partial charge in [-0.25, -0.2) is 9.78 Å². The van der Waals surface area contributed by atoms with E-state index in [1.807, 2.05) is 66.7 Å². The van der Waals surface area contributed by atoms with Crippen LogP contribution in [0.25, 0.3) is 22.4 Å². The monoisotopic (exact) mass is 370 g/mol. The standard InChI is InChI=1S/C23H22N4O/c28-23(24-15-7-10-17-8-2-1-3-9-17)25-19-12-6-11-18(16-19)22-26-20-13-4-5-14-21(20)27-22/h1-6,8-9,11-14,16H,7,10,15H2,(H,26,27)(H2,24,25,28). The van der Waals surface area contributed by atoms with E-state index in [0.717, 1.165) is 41.0 Å². The number of hydrogen-bond donors (Lipinski definition) is 3. The average molecular weight is 370 g/mol. The van der Waals surface area contributed by atoms with Crippen LogP contribution in [0.15, 0.2) is 78.9 Å². The number of amides is 2. The first-order chi connectivity index (χ1) is 13.8. The van der Waals surface area contributed by atoms with E-state index in [4.69, 9.17) is 0 Å². The minimum Gasteiger partial charge on any atom is -0.338 e. The van der Waals surface area contributed by atoms with Gasteiger partial charge < -0.3 is 15.6 Å². The van der Waals surface area contributed by atoms with Crippen molar-refractivity contribution in [1.82, 2.24) is 15.3 Å². The number of anilines is 1. The van der Waals surface area contributed by atoms with Gasteiger partial charge in [-0.1, -0.05) is 54.6 Å². The second-order valence-corrected chi connectivity index (χ2v) is 6.65. The lowest BCUT2D eigenvalue weighted by Gasteiger charge is -2.08. The Hall–Kier alpha value is -3.60. The molecule has 0 unspecified atom stereocenters. The van der Waals surface area contributed by atoms with Gasteiger partial charge in [0, 0.05) is 17.8 Å². The van der Waals surface area contributed by atoms with Crippen LogP contribution in [0.4, 0.5) is 10.5 Å². The summed E-state index contributed by atoms with van der Waals surface area (Å²) >= 11 is 0. The Kier molecular flexibility index (Phi) is 5.33. The number of carbonyl (C=O) groups is 1. The molecule has 0 saturated heterocycles. The number of aryl methyl sites for hydroxylation is 1. The van der Waals surface area contributed by atoms with E-state index in [2.05, 4.69) is 32.7 Å². The average Bonchev–Trinajstić information content (AvgIpc) is 3.17. The first kappa shape index (κ1) is 17.8. The van der Waals surface area contributed by atoms with Crippen LogP contribution in [-0.2, 0) is 6.42 Å². The Morgan fingerprint density at radius 2 is 1.75 bits per heavy atom. The van der Waals surface area contributed by atoms with Gasteiger partial charge in [0.1, 0.15) is 5.82 Å². The number of aromatic amines is 1. The van der Waals surface area contributed by atoms with Crippen molar-refractivity contribution in [2.45, 2.75) is 12.8 Å². The number of aromatic nitrogens is 2. The molecular formula is C23H22N4O. The third kappa shape index (κ3) is 4.38. The molecule has 0 atom stereocenters. The highest BCUT2D eigenvalue weighted by molar-refractivity contribution is 5.90. The third-order valence-electron chi connectivity index (χ3n) is 4.55. The maximum absolute atomic E-state index is 12.2. The highest BCUT2D eigenvalue weighted by Crippen LogP contribution is 2.23. The van der Waals surface area contributed by atoms with Crippen molar-refractivity contribution < 1.29 is 4.79 Å². The first-order valence-corrected chi connectivity index (χ1v) is 9.42. The Morgan fingerprint density at radius 3 is 2.61 bits per heavy atom. The van der Waals surface area contributed by atoms with E-state index in [1.54, 1.807) is 0 Å². The second kappa shape index (κ2) is 8.39. The molecule has 28 heavy (non-hydrogen) atoms. The molecule has 0 aliphatic heterocycles. The number of nitrogens with zero attached hydrogens (tertiary/aromatic N) is 1. The number of carbonyl (C=O) groups excluding carboxylic acids is 1. The zero-order valence-corrected chi connectivity index (χ0v) is 15.5. The lowest BCUT2D eigenvalue weighted by molar-refractivity contribution is 0.252. The van der Waals surface area contributed by atoms with Crippen LogP contribution in [-0.4, -0.2) is 22.5 Å². The summed E-state index contributed by atoms with van der Waals surface area (Å²) in [6.45, 7) is 0.629. The van der Waals surface area contributed by atoms with E-state index >= 15 is 0 Å². The molecule has 0 fully saturated rings. The van der Waals surface area contributed by atoms with Crippen LogP contribution in [0.3, 0.4) is 0 Å². The van der Waals surface area contributed by atoms with Gasteiger partial charge in [-0.3, -0.25) is 0 Å². The van der Waals surface area contributed by atoms with Gasteiger partial charge >= 0.3 is 6.03 Å². The molecule has 1 aromatic heterocycles. The van der Waals surface area contributed by atoms with Gasteiger partial charge in [0.15, 0.2) is 0 Å². The Morgan fingerprint density at radius 1 is 0.929 bits per heavy atom. The molecule has 0 saturated carbocycles. The number of benzene rings is 3. The molecule has 4 rings (SSSR count). The van der Waals surface area contributed by atoms with E-state index in [-0.39, 0.29) is 6.03 Å². The molecule has 0 aliphatic rings. The molecule has 2 amide bonds. The van der Waals surface area contributed by atoms with Crippen molar-refractivity contribution >= 4 is 22.8 Å². The normalized spacial score (nSPS) is 10.7. The van der Waals surface area contributed by atoms with Crippen molar-refractivity contribution in [1.29, 1.82) is 0 Å². The summed E-state index contributed by atoms with van der Waals surface area (Å²) in [6, 6.07) is 25.7. The van der Waals surface area contributed by atoms with Gasteiger partial charge in [0.2, 0.25) is 0 Å². The number of nitrogens with one attached hydrogen (secondary N) is 3. The van der Waals surface area contributed by atoms with Gasteiger partial charge in [0.25, 0.3) is 0 Å². The predicted molar refractivity (Wildman–Crippen MR) is 113 cm³/mol. The van der Waals surface area contributed by atoms with Crippen LogP contribution in [0, 0.1) is 0 Å². The Balaban J connectivity index is 1.33. The fraction of sp³-hybridized carbons (Fsp3) is 0.130. The van der Waals surface area contributed by atoms with Crippen LogP contribution in [0.2, 0.25) is 0 Å². The Bertz CT molecular complexity index is 1040. The molecule has 3 N–H and O–H groups in total. The van der Waals surface area contributed by atoms with E-state index in [9.17, 15) is 4.79 Å². The topological polar surface area (TPSA) is 69.8 Å². The number of fused-ring (bicyclic) bond motifs is 1. The molecule has 0 radical (unpaired) electrons. The number of urea groups is 1. The predicted octanol–water partition coefficient (Wildman–Crippen LogP) is 4.98. The zero-order valence-electron chi connectivity index (χ0n) is 15.5. The van der Waals surface area contributed by atoms with Crippen molar-refractivity contribution in [3.8, 4) is 11.4 Å². The number of imidazole rings is 1. The summed E-state index contributed by atoms with van der Waals surface area (Å²) in [5.41, 5.74) is 4.86. The van der Waals surface area contributed by atoms with Crippen molar-refractivity contribution in [2.24, 2.45) is 0 Å². The maximum atomic E-state index is 12.2. The van der Waals surface area contributed by atoms with Gasteiger partial charge in [-0.2, -0.15) is 0 Å². The highest BCUT2D eigenvalue weighted by Gasteiger charge is 2.07. The molecule has 140 valence electrons. The molecule has 3 aromatic carbocycles. The lowest BCUT2D eigenvalue weighted by Crippen LogP contribution is -2.29. The van der Waals surface area contributed by atoms with E-state index in [0.29, 0.717) is 6.54 Å². The van der Waals surface area contributed by atoms with Crippen molar-refractivity contribution in [3.05, 3.63) is 84.4 Å². The SMILES string of the molecule is O=C(NCCCc1ccccc1)Nc1cccc(-c2nc3ccccc3[nH]2)c1. The van der Waals surface area contributed by atoms with Crippen LogP contribution in [0.5, 0.6) is 0 Å². The zero-order chi connectivity index (χ0) is 19.2. The van der Waals surface area contributed by atoms with E-state index in [1.165, 1.54) is 5.56 Å². The van der Waals surface area contributed by atoms with Crippen LogP contribution in [0.1, 0.15) is 12.0 Å². The highest BCUT2D eigenvalue weighted by atomic mass is 16.2. The largest absolute Gasteiger partial charge is 0.338 e. The molecule has 5 heteroatoms. The first-order valence-electron chi connectivity index (χ1n) is 9.42. The number of rotatable bonds is 6. The van der Waals surface area contributed by atoms with Crippen molar-refractivity contribution in [2.75, 3.05) is 11.9 Å². The summed E-state index contributed by atoms with van der Waals surface area (Å²) in [5, 5.41) is 5.80. The summed E-state index contributed by atoms with van der Waals surface area (Å²) in [6.07, 6.45) is 1.85. The fourth-order valence-electron chi connectivity index (χ4n) is 3.15. The summed E-state index contributed by atoms with van der Waals surface area (Å²) < 4.78 is 0. The molecular weight excluding hydrogens is 348 g/mol. The quantitative estimate of drug-likeness (QED) is 0.419. The van der Waals surface area contributed by atoms with Gasteiger partial charge in [-0.15, -0.1) is 0 Å². The molecule has 5 nitrogen and oxygen atoms in total. The molecule has 0 spiro atoms. The second-order valence-electron chi connectivity index (χ2n) is 6.65. The number of H-pyrrole nitrogens is 1. The molecule has 0 aliphatic carbocycles. The number of hydrogen-bond acceptors (Lipinski definition) is 2. The van der Waals surface area contributed by atoms with Crippen LogP contribution >= 0.6 is 0 Å². The minimum atomic E-state index is -0.199. The molecule has 1 heterocycles. The van der Waals surface area contributed by atoms with Gasteiger partial charge in [0.05, 0.1) is 11.0 Å². The van der Waals surface area contributed by atoms with Gasteiger partial charge in [-0.05, 0) is 42.7 Å². The summed E-state index contributed by atoms with van der Waals surface area (Å²) in [4.78, 5) is 20.1. The smallest absolute Gasteiger partial charge is 0.319 e. The summed E-state index contributed by atoms with van der Waals surface area (Å²) in [7, 11) is 0. The third-order valence-corrected chi connectivity index (χ3v) is 4.55.